The van der Waals surface area contributed by atoms with Crippen molar-refractivity contribution >= 4 is 11.6 Å². The minimum absolute atomic E-state index is 0.123. The molecule has 0 radical (unpaired) electrons. The molecule has 0 saturated carbocycles. The van der Waals surface area contributed by atoms with E-state index in [-0.39, 0.29) is 5.91 Å². The molecule has 0 spiro atoms. The predicted molar refractivity (Wildman–Crippen MR) is 82.2 cm³/mol. The molecule has 0 aliphatic rings. The van der Waals surface area contributed by atoms with Crippen LogP contribution in [0.25, 0.3) is 0 Å². The molecule has 0 aliphatic heterocycles. The molecule has 1 aromatic rings. The van der Waals surface area contributed by atoms with Crippen molar-refractivity contribution < 1.29 is 4.79 Å². The average molecular weight is 259 g/mol. The monoisotopic (exact) mass is 259 g/mol. The van der Waals surface area contributed by atoms with Gasteiger partial charge in [-0.1, -0.05) is 50.0 Å². The first-order valence-corrected chi connectivity index (χ1v) is 7.28. The molecule has 0 bridgehead atoms. The number of para-hydroxylation sites is 1. The summed E-state index contributed by atoms with van der Waals surface area (Å²) in [5.74, 6) is 0.123. The zero-order chi connectivity index (χ0) is 13.8. The number of allylic oxidation sites excluding steroid dienone is 1. The summed E-state index contributed by atoms with van der Waals surface area (Å²) < 4.78 is 0. The maximum atomic E-state index is 11.7. The van der Waals surface area contributed by atoms with Crippen LogP contribution in [0.15, 0.2) is 43.0 Å². The molecule has 0 aliphatic carbocycles. The van der Waals surface area contributed by atoms with Crippen LogP contribution in [0.5, 0.6) is 0 Å². The summed E-state index contributed by atoms with van der Waals surface area (Å²) in [5, 5.41) is 2.91. The van der Waals surface area contributed by atoms with Gasteiger partial charge >= 0.3 is 0 Å². The lowest BCUT2D eigenvalue weighted by molar-refractivity contribution is -0.116. The van der Waals surface area contributed by atoms with Crippen molar-refractivity contribution in [3.8, 4) is 0 Å². The molecule has 0 heterocycles. The Labute approximate surface area is 116 Å². The minimum atomic E-state index is 0.123. The van der Waals surface area contributed by atoms with Gasteiger partial charge < -0.3 is 5.32 Å². The fraction of sp³-hybridized carbons (Fsp3) is 0.471. The molecule has 19 heavy (non-hydrogen) atoms. The minimum Gasteiger partial charge on any atom is -0.326 e. The lowest BCUT2D eigenvalue weighted by Crippen LogP contribution is -2.10. The molecule has 0 fully saturated rings. The summed E-state index contributed by atoms with van der Waals surface area (Å²) in [6.45, 7) is 3.72. The molecule has 2 heteroatoms. The topological polar surface area (TPSA) is 29.1 Å². The maximum Gasteiger partial charge on any atom is 0.224 e. The first-order valence-electron chi connectivity index (χ1n) is 7.28. The molecule has 1 N–H and O–H groups in total. The third-order valence-corrected chi connectivity index (χ3v) is 3.12. The van der Waals surface area contributed by atoms with E-state index in [1.54, 1.807) is 0 Å². The van der Waals surface area contributed by atoms with Crippen LogP contribution in [0, 0.1) is 0 Å². The van der Waals surface area contributed by atoms with Crippen LogP contribution in [0.1, 0.15) is 51.4 Å². The smallest absolute Gasteiger partial charge is 0.224 e. The Morgan fingerprint density at radius 2 is 1.63 bits per heavy atom. The number of carbonyl (C=O) groups is 1. The molecule has 1 rings (SSSR count). The second-order valence-corrected chi connectivity index (χ2v) is 4.86. The summed E-state index contributed by atoms with van der Waals surface area (Å²) >= 11 is 0. The lowest BCUT2D eigenvalue weighted by atomic mass is 10.1. The van der Waals surface area contributed by atoms with E-state index in [0.717, 1.165) is 24.9 Å². The van der Waals surface area contributed by atoms with Crippen LogP contribution >= 0.6 is 0 Å². The number of hydrogen-bond donors (Lipinski definition) is 1. The normalized spacial score (nSPS) is 10.1. The van der Waals surface area contributed by atoms with Crippen LogP contribution in [0.3, 0.4) is 0 Å². The molecule has 0 unspecified atom stereocenters. The van der Waals surface area contributed by atoms with Crippen molar-refractivity contribution in [1.29, 1.82) is 0 Å². The van der Waals surface area contributed by atoms with E-state index in [0.29, 0.717) is 6.42 Å². The van der Waals surface area contributed by atoms with Gasteiger partial charge in [0.2, 0.25) is 5.91 Å². The van der Waals surface area contributed by atoms with E-state index >= 15 is 0 Å². The number of unbranched alkanes of at least 4 members (excludes halogenated alkanes) is 6. The largest absolute Gasteiger partial charge is 0.326 e. The Bertz CT molecular complexity index is 359. The predicted octanol–water partition coefficient (Wildman–Crippen LogP) is 4.93. The average Bonchev–Trinajstić information content (AvgIpc) is 2.43. The zero-order valence-corrected chi connectivity index (χ0v) is 11.7. The fourth-order valence-corrected chi connectivity index (χ4v) is 2.03. The van der Waals surface area contributed by atoms with Gasteiger partial charge in [-0.2, -0.15) is 0 Å². The van der Waals surface area contributed by atoms with E-state index in [9.17, 15) is 4.79 Å². The number of amides is 1. The number of anilines is 1. The fourth-order valence-electron chi connectivity index (χ4n) is 2.03. The Morgan fingerprint density at radius 1 is 1.00 bits per heavy atom. The highest BCUT2D eigenvalue weighted by Crippen LogP contribution is 2.10. The Morgan fingerprint density at radius 3 is 2.32 bits per heavy atom. The molecule has 1 amide bonds. The standard InChI is InChI=1S/C17H25NO/c1-2-3-4-5-6-7-8-12-15-17(19)18-16-13-10-9-11-14-16/h2,9-11,13-14H,1,3-8,12,15H2,(H,18,19). The Hall–Kier alpha value is -1.57. The second kappa shape index (κ2) is 10.4. The van der Waals surface area contributed by atoms with Crippen LogP contribution in [0.2, 0.25) is 0 Å². The molecule has 0 atom stereocenters. The number of rotatable bonds is 10. The molecule has 0 saturated heterocycles. The molecule has 1 aromatic carbocycles. The summed E-state index contributed by atoms with van der Waals surface area (Å²) in [6, 6.07) is 9.63. The van der Waals surface area contributed by atoms with Gasteiger partial charge in [0.15, 0.2) is 0 Å². The Kier molecular flexibility index (Phi) is 8.45. The van der Waals surface area contributed by atoms with E-state index in [4.69, 9.17) is 0 Å². The third kappa shape index (κ3) is 8.20. The van der Waals surface area contributed by atoms with E-state index in [1.165, 1.54) is 25.7 Å². The van der Waals surface area contributed by atoms with Gasteiger partial charge in [0.25, 0.3) is 0 Å². The number of benzene rings is 1. The van der Waals surface area contributed by atoms with Crippen molar-refractivity contribution in [2.24, 2.45) is 0 Å². The second-order valence-electron chi connectivity index (χ2n) is 4.86. The van der Waals surface area contributed by atoms with E-state index in [1.807, 2.05) is 36.4 Å². The van der Waals surface area contributed by atoms with Gasteiger partial charge in [-0.25, -0.2) is 0 Å². The van der Waals surface area contributed by atoms with Crippen LogP contribution < -0.4 is 5.32 Å². The number of carbonyl (C=O) groups excluding carboxylic acids is 1. The summed E-state index contributed by atoms with van der Waals surface area (Å²) in [4.78, 5) is 11.7. The highest BCUT2D eigenvalue weighted by Gasteiger charge is 2.01. The van der Waals surface area contributed by atoms with Crippen molar-refractivity contribution in [3.05, 3.63) is 43.0 Å². The van der Waals surface area contributed by atoms with Gasteiger partial charge in [0.05, 0.1) is 0 Å². The number of hydrogen-bond acceptors (Lipinski definition) is 1. The molecular formula is C17H25NO. The first kappa shape index (κ1) is 15.5. The molecular weight excluding hydrogens is 234 g/mol. The SMILES string of the molecule is C=CCCCCCCCCC(=O)Nc1ccccc1. The van der Waals surface area contributed by atoms with Crippen LogP contribution in [0.4, 0.5) is 5.69 Å². The van der Waals surface area contributed by atoms with Crippen LogP contribution in [-0.4, -0.2) is 5.91 Å². The van der Waals surface area contributed by atoms with Crippen LogP contribution in [-0.2, 0) is 4.79 Å². The van der Waals surface area contributed by atoms with E-state index in [2.05, 4.69) is 11.9 Å². The van der Waals surface area contributed by atoms with Gasteiger partial charge in [-0.05, 0) is 31.4 Å². The zero-order valence-electron chi connectivity index (χ0n) is 11.7. The molecule has 0 aromatic heterocycles. The quantitative estimate of drug-likeness (QED) is 0.468. The summed E-state index contributed by atoms with van der Waals surface area (Å²) in [7, 11) is 0. The molecule has 2 nitrogen and oxygen atoms in total. The number of nitrogens with one attached hydrogen (secondary N) is 1. The van der Waals surface area contributed by atoms with Gasteiger partial charge in [0, 0.05) is 12.1 Å². The third-order valence-electron chi connectivity index (χ3n) is 3.12. The van der Waals surface area contributed by atoms with Crippen molar-refractivity contribution in [1.82, 2.24) is 0 Å². The van der Waals surface area contributed by atoms with Gasteiger partial charge in [-0.15, -0.1) is 6.58 Å². The summed E-state index contributed by atoms with van der Waals surface area (Å²) in [6.07, 6.45) is 10.9. The van der Waals surface area contributed by atoms with Crippen molar-refractivity contribution in [3.63, 3.8) is 0 Å². The van der Waals surface area contributed by atoms with Crippen molar-refractivity contribution in [2.75, 3.05) is 5.32 Å². The van der Waals surface area contributed by atoms with Crippen molar-refractivity contribution in [2.45, 2.75) is 51.4 Å². The maximum absolute atomic E-state index is 11.7. The highest BCUT2D eigenvalue weighted by atomic mass is 16.1. The first-order chi connectivity index (χ1) is 9.33. The Balaban J connectivity index is 1.97. The van der Waals surface area contributed by atoms with Gasteiger partial charge in [0.1, 0.15) is 0 Å². The summed E-state index contributed by atoms with van der Waals surface area (Å²) in [5.41, 5.74) is 0.886. The molecule has 104 valence electrons. The van der Waals surface area contributed by atoms with E-state index < -0.39 is 0 Å². The highest BCUT2D eigenvalue weighted by molar-refractivity contribution is 5.90. The van der Waals surface area contributed by atoms with Gasteiger partial charge in [-0.3, -0.25) is 4.79 Å². The lowest BCUT2D eigenvalue weighted by Gasteiger charge is -2.04.